The van der Waals surface area contributed by atoms with E-state index in [9.17, 15) is 0 Å². The smallest absolute Gasteiger partial charge is 0.258 e. The van der Waals surface area contributed by atoms with Crippen molar-refractivity contribution < 1.29 is 4.57 Å². The molecule has 0 atom stereocenters. The highest BCUT2D eigenvalue weighted by Crippen LogP contribution is 2.32. The van der Waals surface area contributed by atoms with E-state index in [1.54, 1.807) is 0 Å². The van der Waals surface area contributed by atoms with Crippen molar-refractivity contribution in [2.45, 2.75) is 33.2 Å². The normalized spacial score (nSPS) is 12.6. The van der Waals surface area contributed by atoms with Gasteiger partial charge in [0.25, 0.3) is 5.82 Å². The Bertz CT molecular complexity index is 1150. The van der Waals surface area contributed by atoms with Gasteiger partial charge in [0.05, 0.1) is 12.1 Å². The molecule has 0 amide bonds. The van der Waals surface area contributed by atoms with E-state index < -0.39 is 0 Å². The summed E-state index contributed by atoms with van der Waals surface area (Å²) in [5, 5.41) is 0. The molecule has 4 aromatic rings. The lowest BCUT2D eigenvalue weighted by molar-refractivity contribution is -0.572. The third-order valence-corrected chi connectivity index (χ3v) is 5.56. The third-order valence-electron chi connectivity index (χ3n) is 5.56. The van der Waals surface area contributed by atoms with Gasteiger partial charge in [0, 0.05) is 0 Å². The number of rotatable bonds is 1. The highest BCUT2D eigenvalue weighted by atomic mass is 15.2. The predicted octanol–water partition coefficient (Wildman–Crippen LogP) is 4.77. The largest absolute Gasteiger partial charge is 0.275 e. The average Bonchev–Trinajstić information content (AvgIpc) is 3.01. The SMILES string of the molecule is Cc1c2cccc1-c1cccnc1-[n+]1cn(c3cccc(C(C)C)c31)C2. The summed E-state index contributed by atoms with van der Waals surface area (Å²) >= 11 is 0. The van der Waals surface area contributed by atoms with E-state index in [0.29, 0.717) is 5.92 Å². The second-order valence-corrected chi connectivity index (χ2v) is 7.45. The van der Waals surface area contributed by atoms with Gasteiger partial charge < -0.3 is 0 Å². The Morgan fingerprint density at radius 3 is 2.65 bits per heavy atom. The van der Waals surface area contributed by atoms with E-state index in [1.165, 1.54) is 38.9 Å². The molecule has 0 saturated carbocycles. The predicted molar refractivity (Wildman–Crippen MR) is 105 cm³/mol. The Kier molecular flexibility index (Phi) is 3.26. The Labute approximate surface area is 153 Å². The van der Waals surface area contributed by atoms with Gasteiger partial charge in [-0.15, -0.1) is 4.98 Å². The molecule has 0 spiro atoms. The van der Waals surface area contributed by atoms with Crippen molar-refractivity contribution in [1.82, 2.24) is 9.55 Å². The standard InChI is InChI=1S/C23H22N3/c1-15(2)18-8-5-11-21-22(18)26-14-25(21)13-17-7-4-9-19(16(17)3)20-10-6-12-24-23(20)26/h4-12,14-15H,13H2,1-3H3/q+1. The van der Waals surface area contributed by atoms with Crippen LogP contribution in [0.5, 0.6) is 0 Å². The molecule has 2 aromatic heterocycles. The Hall–Kier alpha value is -2.94. The second kappa shape index (κ2) is 5.53. The molecule has 128 valence electrons. The zero-order chi connectivity index (χ0) is 17.8. The lowest BCUT2D eigenvalue weighted by Crippen LogP contribution is -2.32. The molecule has 0 N–H and O–H groups in total. The van der Waals surface area contributed by atoms with Gasteiger partial charge in [-0.05, 0) is 53.3 Å². The summed E-state index contributed by atoms with van der Waals surface area (Å²) in [7, 11) is 0. The summed E-state index contributed by atoms with van der Waals surface area (Å²) < 4.78 is 4.65. The maximum absolute atomic E-state index is 4.80. The van der Waals surface area contributed by atoms with Gasteiger partial charge in [-0.25, -0.2) is 0 Å². The van der Waals surface area contributed by atoms with E-state index in [4.69, 9.17) is 4.98 Å². The lowest BCUT2D eigenvalue weighted by atomic mass is 9.96. The van der Waals surface area contributed by atoms with Gasteiger partial charge in [-0.1, -0.05) is 44.2 Å². The van der Waals surface area contributed by atoms with Crippen molar-refractivity contribution in [1.29, 1.82) is 0 Å². The molecule has 3 heteroatoms. The van der Waals surface area contributed by atoms with Crippen molar-refractivity contribution in [3.8, 4) is 16.9 Å². The van der Waals surface area contributed by atoms with Crippen LogP contribution in [0.1, 0.15) is 36.5 Å². The van der Waals surface area contributed by atoms with E-state index >= 15 is 0 Å². The summed E-state index contributed by atoms with van der Waals surface area (Å²) in [6.07, 6.45) is 4.11. The Balaban J connectivity index is 1.98. The molecule has 0 radical (unpaired) electrons. The van der Waals surface area contributed by atoms with Crippen molar-refractivity contribution >= 4 is 11.0 Å². The minimum absolute atomic E-state index is 0.454. The molecule has 3 heterocycles. The van der Waals surface area contributed by atoms with Crippen molar-refractivity contribution in [2.24, 2.45) is 0 Å². The van der Waals surface area contributed by atoms with Gasteiger partial charge in [-0.2, -0.15) is 4.57 Å². The van der Waals surface area contributed by atoms with Crippen LogP contribution in [0.3, 0.4) is 0 Å². The van der Waals surface area contributed by atoms with Crippen molar-refractivity contribution in [3.05, 3.63) is 77.7 Å². The van der Waals surface area contributed by atoms with Crippen LogP contribution in [0.25, 0.3) is 28.0 Å². The van der Waals surface area contributed by atoms with Gasteiger partial charge in [0.2, 0.25) is 0 Å². The fourth-order valence-corrected chi connectivity index (χ4v) is 4.18. The van der Waals surface area contributed by atoms with Crippen LogP contribution in [-0.4, -0.2) is 9.55 Å². The van der Waals surface area contributed by atoms with Gasteiger partial charge in [-0.3, -0.25) is 4.57 Å². The molecular formula is C23H22N3+. The van der Waals surface area contributed by atoms with Crippen LogP contribution in [0.15, 0.2) is 61.1 Å². The topological polar surface area (TPSA) is 21.7 Å². The molecule has 0 unspecified atom stereocenters. The summed E-state index contributed by atoms with van der Waals surface area (Å²) in [6.45, 7) is 7.61. The summed E-state index contributed by atoms with van der Waals surface area (Å²) in [6, 6.07) is 17.5. The van der Waals surface area contributed by atoms with Crippen molar-refractivity contribution in [2.75, 3.05) is 0 Å². The summed E-state index contributed by atoms with van der Waals surface area (Å²) in [5.74, 6) is 1.46. The maximum atomic E-state index is 4.80. The molecule has 1 aliphatic rings. The number of pyridine rings is 1. The third kappa shape index (κ3) is 2.07. The maximum Gasteiger partial charge on any atom is 0.275 e. The second-order valence-electron chi connectivity index (χ2n) is 7.45. The van der Waals surface area contributed by atoms with Crippen LogP contribution in [0.2, 0.25) is 0 Å². The number of fused-ring (bicyclic) bond motifs is 10. The lowest BCUT2D eigenvalue weighted by Gasteiger charge is -2.13. The molecule has 26 heavy (non-hydrogen) atoms. The molecule has 0 aliphatic carbocycles. The van der Waals surface area contributed by atoms with E-state index in [-0.39, 0.29) is 0 Å². The molecule has 2 aromatic carbocycles. The van der Waals surface area contributed by atoms with Gasteiger partial charge in [0.1, 0.15) is 17.2 Å². The first-order valence-corrected chi connectivity index (χ1v) is 9.23. The number of hydrogen-bond donors (Lipinski definition) is 0. The fourth-order valence-electron chi connectivity index (χ4n) is 4.18. The summed E-state index contributed by atoms with van der Waals surface area (Å²) in [5.41, 5.74) is 9.06. The summed E-state index contributed by atoms with van der Waals surface area (Å²) in [4.78, 5) is 4.80. The number of para-hydroxylation sites is 1. The van der Waals surface area contributed by atoms with Crippen LogP contribution >= 0.6 is 0 Å². The zero-order valence-electron chi connectivity index (χ0n) is 15.4. The highest BCUT2D eigenvalue weighted by molar-refractivity contribution is 5.79. The molecule has 0 saturated heterocycles. The minimum atomic E-state index is 0.454. The van der Waals surface area contributed by atoms with E-state index in [1.807, 2.05) is 12.3 Å². The number of benzene rings is 2. The molecule has 0 fully saturated rings. The highest BCUT2D eigenvalue weighted by Gasteiger charge is 2.26. The molecule has 3 nitrogen and oxygen atoms in total. The fraction of sp³-hybridized carbons (Fsp3) is 0.217. The van der Waals surface area contributed by atoms with Crippen LogP contribution < -0.4 is 4.57 Å². The van der Waals surface area contributed by atoms with Gasteiger partial charge >= 0.3 is 0 Å². The number of imidazole rings is 1. The molecule has 1 aliphatic heterocycles. The van der Waals surface area contributed by atoms with Crippen LogP contribution in [0, 0.1) is 6.92 Å². The van der Waals surface area contributed by atoms with Crippen molar-refractivity contribution in [3.63, 3.8) is 0 Å². The number of nitrogens with zero attached hydrogens (tertiary/aromatic N) is 3. The number of aromatic nitrogens is 3. The molecular weight excluding hydrogens is 318 g/mol. The molecule has 5 rings (SSSR count). The van der Waals surface area contributed by atoms with Gasteiger partial charge in [0.15, 0.2) is 6.33 Å². The molecule has 4 bridgehead atoms. The van der Waals surface area contributed by atoms with Crippen LogP contribution in [-0.2, 0) is 6.54 Å². The Morgan fingerprint density at radius 1 is 1.00 bits per heavy atom. The van der Waals surface area contributed by atoms with E-state index in [2.05, 4.69) is 78.7 Å². The number of hydrogen-bond acceptors (Lipinski definition) is 1. The van der Waals surface area contributed by atoms with E-state index in [0.717, 1.165) is 12.4 Å². The first-order valence-electron chi connectivity index (χ1n) is 9.23. The zero-order valence-corrected chi connectivity index (χ0v) is 15.4. The monoisotopic (exact) mass is 340 g/mol. The first-order chi connectivity index (χ1) is 12.6. The Morgan fingerprint density at radius 2 is 1.81 bits per heavy atom. The minimum Gasteiger partial charge on any atom is -0.258 e. The average molecular weight is 340 g/mol. The van der Waals surface area contributed by atoms with Crippen LogP contribution in [0.4, 0.5) is 0 Å². The first kappa shape index (κ1) is 15.3. The quantitative estimate of drug-likeness (QED) is 0.403.